The quantitative estimate of drug-likeness (QED) is 0.810. The molecule has 1 N–H and O–H groups in total. The maximum absolute atomic E-state index is 13.8. The van der Waals surface area contributed by atoms with Gasteiger partial charge in [0.1, 0.15) is 0 Å². The summed E-state index contributed by atoms with van der Waals surface area (Å²) in [5.74, 6) is -2.57. The van der Waals surface area contributed by atoms with Crippen molar-refractivity contribution in [3.05, 3.63) is 35.9 Å². The van der Waals surface area contributed by atoms with Crippen LogP contribution < -0.4 is 5.32 Å². The van der Waals surface area contributed by atoms with Gasteiger partial charge in [0, 0.05) is 12.0 Å². The molecule has 1 aliphatic rings. The second kappa shape index (κ2) is 4.27. The lowest BCUT2D eigenvalue weighted by molar-refractivity contribution is -0.0268. The molecular weight excluding hydrogens is 196 g/mol. The molecule has 0 spiro atoms. The highest BCUT2D eigenvalue weighted by Gasteiger charge is 2.35. The first-order valence-corrected chi connectivity index (χ1v) is 5.32. The van der Waals surface area contributed by atoms with E-state index in [0.29, 0.717) is 0 Å². The van der Waals surface area contributed by atoms with Gasteiger partial charge in [0.15, 0.2) is 0 Å². The summed E-state index contributed by atoms with van der Waals surface area (Å²) < 4.78 is 27.6. The van der Waals surface area contributed by atoms with Gasteiger partial charge >= 0.3 is 0 Å². The van der Waals surface area contributed by atoms with Crippen molar-refractivity contribution in [2.24, 2.45) is 5.92 Å². The lowest BCUT2D eigenvalue weighted by Gasteiger charge is -2.19. The van der Waals surface area contributed by atoms with Gasteiger partial charge in [-0.2, -0.15) is 0 Å². The van der Waals surface area contributed by atoms with E-state index < -0.39 is 5.92 Å². The molecule has 1 aliphatic heterocycles. The van der Waals surface area contributed by atoms with Crippen molar-refractivity contribution in [3.8, 4) is 0 Å². The van der Waals surface area contributed by atoms with Gasteiger partial charge in [0.2, 0.25) is 0 Å². The number of halogens is 2. The van der Waals surface area contributed by atoms with Crippen molar-refractivity contribution in [2.75, 3.05) is 13.1 Å². The molecule has 0 saturated carbocycles. The number of hydrogen-bond acceptors (Lipinski definition) is 1. The lowest BCUT2D eigenvalue weighted by Crippen LogP contribution is -2.20. The number of hydrogen-bond donors (Lipinski definition) is 1. The summed E-state index contributed by atoms with van der Waals surface area (Å²) in [4.78, 5) is 0. The van der Waals surface area contributed by atoms with E-state index in [1.807, 2.05) is 0 Å². The van der Waals surface area contributed by atoms with Gasteiger partial charge in [-0.15, -0.1) is 0 Å². The second-order valence-electron chi connectivity index (χ2n) is 4.13. The summed E-state index contributed by atoms with van der Waals surface area (Å²) in [5, 5.41) is 3.11. The normalized spacial score (nSPS) is 21.9. The van der Waals surface area contributed by atoms with E-state index in [2.05, 4.69) is 5.32 Å². The van der Waals surface area contributed by atoms with Crippen LogP contribution in [0.3, 0.4) is 0 Å². The van der Waals surface area contributed by atoms with Crippen LogP contribution >= 0.6 is 0 Å². The molecule has 0 aliphatic carbocycles. The maximum Gasteiger partial charge on any atom is 0.273 e. The van der Waals surface area contributed by atoms with Crippen LogP contribution in [0.4, 0.5) is 8.78 Å². The monoisotopic (exact) mass is 211 g/mol. The average molecular weight is 211 g/mol. The molecule has 1 nitrogen and oxygen atoms in total. The van der Waals surface area contributed by atoms with Crippen LogP contribution in [0.1, 0.15) is 18.4 Å². The number of nitrogens with one attached hydrogen (secondary N) is 1. The van der Waals surface area contributed by atoms with Gasteiger partial charge in [0.05, 0.1) is 0 Å². The van der Waals surface area contributed by atoms with Crippen LogP contribution in [-0.2, 0) is 5.92 Å². The molecule has 1 fully saturated rings. The van der Waals surface area contributed by atoms with Gasteiger partial charge in [-0.1, -0.05) is 30.3 Å². The molecule has 0 radical (unpaired) electrons. The Kier molecular flexibility index (Phi) is 3.00. The Bertz CT molecular complexity index is 305. The number of rotatable bonds is 3. The Balaban J connectivity index is 2.05. The topological polar surface area (TPSA) is 12.0 Å². The molecule has 3 heteroatoms. The largest absolute Gasteiger partial charge is 0.316 e. The fourth-order valence-corrected chi connectivity index (χ4v) is 2.05. The van der Waals surface area contributed by atoms with Gasteiger partial charge < -0.3 is 5.32 Å². The van der Waals surface area contributed by atoms with Crippen molar-refractivity contribution in [3.63, 3.8) is 0 Å². The van der Waals surface area contributed by atoms with E-state index in [-0.39, 0.29) is 17.9 Å². The third-order valence-corrected chi connectivity index (χ3v) is 2.90. The molecule has 82 valence electrons. The standard InChI is InChI=1S/C12H15F2N/c13-12(14,8-10-6-7-15-9-10)11-4-2-1-3-5-11/h1-5,10,15H,6-9H2. The first-order chi connectivity index (χ1) is 7.18. The van der Waals surface area contributed by atoms with Crippen molar-refractivity contribution < 1.29 is 8.78 Å². The lowest BCUT2D eigenvalue weighted by atomic mass is 9.95. The zero-order valence-corrected chi connectivity index (χ0v) is 8.55. The van der Waals surface area contributed by atoms with Gasteiger partial charge in [-0.25, -0.2) is 8.78 Å². The molecular formula is C12H15F2N. The SMILES string of the molecule is FC(F)(CC1CCNC1)c1ccccc1. The second-order valence-corrected chi connectivity index (χ2v) is 4.13. The van der Waals surface area contributed by atoms with E-state index in [1.54, 1.807) is 18.2 Å². The molecule has 1 heterocycles. The minimum absolute atomic E-state index is 0.0377. The molecule has 1 aromatic rings. The number of alkyl halides is 2. The van der Waals surface area contributed by atoms with Crippen LogP contribution in [0.15, 0.2) is 30.3 Å². The molecule has 0 bridgehead atoms. The molecule has 1 atom stereocenters. The highest BCUT2D eigenvalue weighted by molar-refractivity contribution is 5.20. The maximum atomic E-state index is 13.8. The Morgan fingerprint density at radius 3 is 2.60 bits per heavy atom. The summed E-state index contributed by atoms with van der Waals surface area (Å²) >= 11 is 0. The minimum Gasteiger partial charge on any atom is -0.316 e. The summed E-state index contributed by atoms with van der Waals surface area (Å²) in [6.45, 7) is 1.60. The molecule has 1 unspecified atom stereocenters. The third-order valence-electron chi connectivity index (χ3n) is 2.90. The molecule has 1 saturated heterocycles. The first-order valence-electron chi connectivity index (χ1n) is 5.32. The van der Waals surface area contributed by atoms with Crippen LogP contribution in [0, 0.1) is 5.92 Å². The van der Waals surface area contributed by atoms with Crippen LogP contribution in [0.2, 0.25) is 0 Å². The summed E-state index contributed by atoms with van der Waals surface area (Å²) in [7, 11) is 0. The molecule has 1 aromatic carbocycles. The van der Waals surface area contributed by atoms with Gasteiger partial charge in [-0.3, -0.25) is 0 Å². The van der Waals surface area contributed by atoms with E-state index >= 15 is 0 Å². The predicted molar refractivity (Wildman–Crippen MR) is 55.9 cm³/mol. The molecule has 0 amide bonds. The Hall–Kier alpha value is -0.960. The fourth-order valence-electron chi connectivity index (χ4n) is 2.05. The van der Waals surface area contributed by atoms with Crippen molar-refractivity contribution in [2.45, 2.75) is 18.8 Å². The van der Waals surface area contributed by atoms with E-state index in [9.17, 15) is 8.78 Å². The smallest absolute Gasteiger partial charge is 0.273 e. The molecule has 15 heavy (non-hydrogen) atoms. The van der Waals surface area contributed by atoms with Gasteiger partial charge in [-0.05, 0) is 25.4 Å². The van der Waals surface area contributed by atoms with E-state index in [0.717, 1.165) is 19.5 Å². The highest BCUT2D eigenvalue weighted by atomic mass is 19.3. The van der Waals surface area contributed by atoms with Crippen molar-refractivity contribution >= 4 is 0 Å². The van der Waals surface area contributed by atoms with E-state index in [1.165, 1.54) is 12.1 Å². The van der Waals surface area contributed by atoms with Crippen molar-refractivity contribution in [1.29, 1.82) is 0 Å². The van der Waals surface area contributed by atoms with Crippen molar-refractivity contribution in [1.82, 2.24) is 5.32 Å². The summed E-state index contributed by atoms with van der Waals surface area (Å²) in [6.07, 6.45) is 0.826. The third kappa shape index (κ3) is 2.53. The first kappa shape index (κ1) is 10.6. The Labute approximate surface area is 88.5 Å². The van der Waals surface area contributed by atoms with Crippen LogP contribution in [0.25, 0.3) is 0 Å². The summed E-state index contributed by atoms with van der Waals surface area (Å²) in [5.41, 5.74) is 0.136. The van der Waals surface area contributed by atoms with Crippen LogP contribution in [-0.4, -0.2) is 13.1 Å². The molecule has 0 aromatic heterocycles. The fraction of sp³-hybridized carbons (Fsp3) is 0.500. The summed E-state index contributed by atoms with van der Waals surface area (Å²) in [6, 6.07) is 8.09. The zero-order valence-electron chi connectivity index (χ0n) is 8.55. The Morgan fingerprint density at radius 2 is 2.00 bits per heavy atom. The Morgan fingerprint density at radius 1 is 1.27 bits per heavy atom. The van der Waals surface area contributed by atoms with Crippen LogP contribution in [0.5, 0.6) is 0 Å². The average Bonchev–Trinajstić information content (AvgIpc) is 2.71. The molecule has 2 rings (SSSR count). The zero-order chi connectivity index (χ0) is 10.7. The van der Waals surface area contributed by atoms with E-state index in [4.69, 9.17) is 0 Å². The predicted octanol–water partition coefficient (Wildman–Crippen LogP) is 2.78. The number of benzene rings is 1. The minimum atomic E-state index is -2.68. The van der Waals surface area contributed by atoms with Gasteiger partial charge in [0.25, 0.3) is 5.92 Å². The highest BCUT2D eigenvalue weighted by Crippen LogP contribution is 2.35.